The average Bonchev–Trinajstić information content (AvgIpc) is 2.59. The number of hydrogen-bond donors (Lipinski definition) is 1. The van der Waals surface area contributed by atoms with Crippen molar-refractivity contribution in [3.05, 3.63) is 60.2 Å². The van der Waals surface area contributed by atoms with E-state index in [1.807, 2.05) is 30.3 Å². The zero-order valence-corrected chi connectivity index (χ0v) is 14.1. The molecule has 1 unspecified atom stereocenters. The number of nitrogens with zero attached hydrogens (tertiary/aromatic N) is 1. The third kappa shape index (κ3) is 5.23. The summed E-state index contributed by atoms with van der Waals surface area (Å²) in [7, 11) is 0. The first-order chi connectivity index (χ1) is 11.2. The number of unbranched alkanes of at least 4 members (excludes halogenated alkanes) is 1. The molecule has 2 rings (SSSR count). The van der Waals surface area contributed by atoms with Gasteiger partial charge in [-0.2, -0.15) is 5.26 Å². The molecule has 0 heterocycles. The van der Waals surface area contributed by atoms with Gasteiger partial charge in [0.1, 0.15) is 0 Å². The highest BCUT2D eigenvalue weighted by molar-refractivity contribution is 5.68. The largest absolute Gasteiger partial charge is 0.315 e. The van der Waals surface area contributed by atoms with Crippen LogP contribution in [0.15, 0.2) is 54.6 Å². The van der Waals surface area contributed by atoms with Crippen LogP contribution in [0.2, 0.25) is 0 Å². The predicted octanol–water partition coefficient (Wildman–Crippen LogP) is 5.13. The Morgan fingerprint density at radius 1 is 0.957 bits per heavy atom. The summed E-state index contributed by atoms with van der Waals surface area (Å²) in [5.41, 5.74) is 3.52. The Morgan fingerprint density at radius 2 is 1.65 bits per heavy atom. The number of nitriles is 1. The molecule has 0 aliphatic heterocycles. The molecule has 0 saturated heterocycles. The summed E-state index contributed by atoms with van der Waals surface area (Å²) in [6, 6.07) is 21.7. The molecule has 1 atom stereocenters. The quantitative estimate of drug-likeness (QED) is 0.686. The Balaban J connectivity index is 2.06. The van der Waals surface area contributed by atoms with Crippen LogP contribution in [0, 0.1) is 11.3 Å². The Kier molecular flexibility index (Phi) is 6.84. The van der Waals surface area contributed by atoms with Gasteiger partial charge >= 0.3 is 0 Å². The average molecular weight is 306 g/mol. The first-order valence-electron chi connectivity index (χ1n) is 8.49. The maximum absolute atomic E-state index is 9.63. The molecule has 1 N–H and O–H groups in total. The van der Waals surface area contributed by atoms with Crippen molar-refractivity contribution in [1.82, 2.24) is 5.32 Å². The topological polar surface area (TPSA) is 35.8 Å². The second kappa shape index (κ2) is 9.12. The van der Waals surface area contributed by atoms with Gasteiger partial charge in [-0.05, 0) is 36.1 Å². The van der Waals surface area contributed by atoms with Crippen LogP contribution in [-0.2, 0) is 0 Å². The van der Waals surface area contributed by atoms with E-state index in [2.05, 4.69) is 49.5 Å². The minimum Gasteiger partial charge on any atom is -0.315 e. The van der Waals surface area contributed by atoms with Crippen molar-refractivity contribution in [2.75, 3.05) is 6.54 Å². The van der Waals surface area contributed by atoms with Crippen LogP contribution >= 0.6 is 0 Å². The van der Waals surface area contributed by atoms with Crippen LogP contribution in [0.25, 0.3) is 11.1 Å². The van der Waals surface area contributed by atoms with E-state index in [-0.39, 0.29) is 5.92 Å². The van der Waals surface area contributed by atoms with Gasteiger partial charge < -0.3 is 5.32 Å². The number of nitrogens with one attached hydrogen (secondary N) is 1. The van der Waals surface area contributed by atoms with Crippen molar-refractivity contribution in [3.8, 4) is 17.2 Å². The van der Waals surface area contributed by atoms with Gasteiger partial charge in [0, 0.05) is 6.04 Å². The first-order valence-corrected chi connectivity index (χ1v) is 8.49. The molecule has 0 aromatic heterocycles. The Labute approximate surface area is 140 Å². The van der Waals surface area contributed by atoms with E-state index in [0.717, 1.165) is 31.4 Å². The summed E-state index contributed by atoms with van der Waals surface area (Å²) < 4.78 is 0. The molecule has 2 aromatic rings. The molecule has 23 heavy (non-hydrogen) atoms. The number of hydrogen-bond acceptors (Lipinski definition) is 2. The SMILES string of the molecule is CC(C)NCCCCC(C#N)c1ccccc1-c1ccccc1. The minimum absolute atomic E-state index is 0.0366. The summed E-state index contributed by atoms with van der Waals surface area (Å²) in [4.78, 5) is 0. The second-order valence-electron chi connectivity index (χ2n) is 6.24. The molecule has 120 valence electrons. The number of benzene rings is 2. The van der Waals surface area contributed by atoms with E-state index in [9.17, 15) is 5.26 Å². The van der Waals surface area contributed by atoms with Gasteiger partial charge in [-0.3, -0.25) is 0 Å². The van der Waals surface area contributed by atoms with Crippen molar-refractivity contribution >= 4 is 0 Å². The molecule has 2 heteroatoms. The summed E-state index contributed by atoms with van der Waals surface area (Å²) in [6.07, 6.45) is 3.10. The molecule has 0 amide bonds. The second-order valence-corrected chi connectivity index (χ2v) is 6.24. The predicted molar refractivity (Wildman–Crippen MR) is 97.2 cm³/mol. The fourth-order valence-electron chi connectivity index (χ4n) is 2.84. The lowest BCUT2D eigenvalue weighted by molar-refractivity contribution is 0.541. The summed E-state index contributed by atoms with van der Waals surface area (Å²) >= 11 is 0. The van der Waals surface area contributed by atoms with Gasteiger partial charge in [-0.25, -0.2) is 0 Å². The zero-order valence-electron chi connectivity index (χ0n) is 14.1. The van der Waals surface area contributed by atoms with E-state index in [1.54, 1.807) is 0 Å². The Morgan fingerprint density at radius 3 is 2.35 bits per heavy atom. The fraction of sp³-hybridized carbons (Fsp3) is 0.381. The normalized spacial score (nSPS) is 12.1. The van der Waals surface area contributed by atoms with Crippen molar-refractivity contribution in [2.24, 2.45) is 0 Å². The first kappa shape index (κ1) is 17.2. The molecule has 0 spiro atoms. The minimum atomic E-state index is -0.0366. The Bertz CT molecular complexity index is 626. The van der Waals surface area contributed by atoms with E-state index in [1.165, 1.54) is 11.1 Å². The summed E-state index contributed by atoms with van der Waals surface area (Å²) in [5, 5.41) is 13.1. The van der Waals surface area contributed by atoms with E-state index < -0.39 is 0 Å². The highest BCUT2D eigenvalue weighted by atomic mass is 14.9. The summed E-state index contributed by atoms with van der Waals surface area (Å²) in [5.74, 6) is -0.0366. The maximum Gasteiger partial charge on any atom is 0.0718 e. The molecule has 2 nitrogen and oxygen atoms in total. The third-order valence-corrected chi connectivity index (χ3v) is 4.05. The molecule has 0 radical (unpaired) electrons. The molecular weight excluding hydrogens is 280 g/mol. The van der Waals surface area contributed by atoms with Crippen LogP contribution in [0.4, 0.5) is 0 Å². The van der Waals surface area contributed by atoms with Crippen molar-refractivity contribution < 1.29 is 0 Å². The van der Waals surface area contributed by atoms with Crippen LogP contribution in [0.1, 0.15) is 44.6 Å². The van der Waals surface area contributed by atoms with Crippen molar-refractivity contribution in [3.63, 3.8) is 0 Å². The smallest absolute Gasteiger partial charge is 0.0718 e. The van der Waals surface area contributed by atoms with E-state index in [4.69, 9.17) is 0 Å². The fourth-order valence-corrected chi connectivity index (χ4v) is 2.84. The van der Waals surface area contributed by atoms with Gasteiger partial charge in [0.05, 0.1) is 12.0 Å². The third-order valence-electron chi connectivity index (χ3n) is 4.05. The van der Waals surface area contributed by atoms with Crippen LogP contribution < -0.4 is 5.32 Å². The molecule has 0 aliphatic carbocycles. The van der Waals surface area contributed by atoms with Crippen molar-refractivity contribution in [1.29, 1.82) is 5.26 Å². The highest BCUT2D eigenvalue weighted by Crippen LogP contribution is 2.31. The molecule has 0 saturated carbocycles. The summed E-state index contributed by atoms with van der Waals surface area (Å²) in [6.45, 7) is 5.35. The molecule has 0 fully saturated rings. The monoisotopic (exact) mass is 306 g/mol. The van der Waals surface area contributed by atoms with Gasteiger partial charge in [-0.15, -0.1) is 0 Å². The van der Waals surface area contributed by atoms with Crippen LogP contribution in [-0.4, -0.2) is 12.6 Å². The standard InChI is InChI=1S/C21H26N2/c1-17(2)23-15-9-8-12-19(16-22)21-14-7-6-13-20(21)18-10-4-3-5-11-18/h3-7,10-11,13-14,17,19,23H,8-9,12,15H2,1-2H3. The molecule has 2 aromatic carbocycles. The lowest BCUT2D eigenvalue weighted by Gasteiger charge is -2.15. The van der Waals surface area contributed by atoms with Crippen molar-refractivity contribution in [2.45, 2.75) is 45.1 Å². The van der Waals surface area contributed by atoms with Crippen LogP contribution in [0.3, 0.4) is 0 Å². The highest BCUT2D eigenvalue weighted by Gasteiger charge is 2.15. The van der Waals surface area contributed by atoms with Crippen LogP contribution in [0.5, 0.6) is 0 Å². The lowest BCUT2D eigenvalue weighted by Crippen LogP contribution is -2.23. The zero-order chi connectivity index (χ0) is 16.5. The van der Waals surface area contributed by atoms with E-state index in [0.29, 0.717) is 6.04 Å². The molecule has 0 aliphatic rings. The maximum atomic E-state index is 9.63. The van der Waals surface area contributed by atoms with Gasteiger partial charge in [0.25, 0.3) is 0 Å². The van der Waals surface area contributed by atoms with Gasteiger partial charge in [0.2, 0.25) is 0 Å². The van der Waals surface area contributed by atoms with E-state index >= 15 is 0 Å². The molecule has 0 bridgehead atoms. The number of rotatable bonds is 8. The lowest BCUT2D eigenvalue weighted by atomic mass is 9.88. The van der Waals surface area contributed by atoms with Gasteiger partial charge in [-0.1, -0.05) is 74.9 Å². The molecular formula is C21H26N2. The Hall–Kier alpha value is -2.11. The van der Waals surface area contributed by atoms with Gasteiger partial charge in [0.15, 0.2) is 0 Å².